The lowest BCUT2D eigenvalue weighted by atomic mass is 9.83. The highest BCUT2D eigenvalue weighted by Gasteiger charge is 2.24. The van der Waals surface area contributed by atoms with Crippen LogP contribution in [0.15, 0.2) is 65.2 Å². The molecule has 1 nitrogen and oxygen atoms in total. The van der Waals surface area contributed by atoms with Crippen LogP contribution in [0.4, 0.5) is 0 Å². The SMILES string of the molecule is CC.CCCCC1=C(c2ccc(Cl)cc2)c2ccccc2C=CC1C(C)=NCCC. The summed E-state index contributed by atoms with van der Waals surface area (Å²) in [5.41, 5.74) is 7.85. The molecule has 1 atom stereocenters. The van der Waals surface area contributed by atoms with Gasteiger partial charge in [-0.05, 0) is 66.2 Å². The molecule has 2 aromatic rings. The summed E-state index contributed by atoms with van der Waals surface area (Å²) in [6, 6.07) is 17.0. The average molecular weight is 422 g/mol. The van der Waals surface area contributed by atoms with E-state index in [4.69, 9.17) is 16.6 Å². The molecule has 0 heterocycles. The maximum Gasteiger partial charge on any atom is 0.0406 e. The Kier molecular flexibility index (Phi) is 10.1. The molecule has 0 fully saturated rings. The molecule has 0 amide bonds. The third kappa shape index (κ3) is 5.95. The topological polar surface area (TPSA) is 12.4 Å². The first kappa shape index (κ1) is 24.2. The van der Waals surface area contributed by atoms with Crippen molar-refractivity contribution >= 4 is 29.0 Å². The highest BCUT2D eigenvalue weighted by Crippen LogP contribution is 2.39. The van der Waals surface area contributed by atoms with Crippen molar-refractivity contribution in [2.45, 2.75) is 60.3 Å². The van der Waals surface area contributed by atoms with E-state index in [-0.39, 0.29) is 5.92 Å². The normalized spacial score (nSPS) is 15.9. The lowest BCUT2D eigenvalue weighted by Gasteiger charge is -2.22. The second kappa shape index (κ2) is 12.5. The second-order valence-corrected chi connectivity index (χ2v) is 7.89. The summed E-state index contributed by atoms with van der Waals surface area (Å²) >= 11 is 6.19. The molecule has 30 heavy (non-hydrogen) atoms. The molecule has 3 rings (SSSR count). The van der Waals surface area contributed by atoms with Gasteiger partial charge in [0.2, 0.25) is 0 Å². The molecule has 0 bridgehead atoms. The number of benzene rings is 2. The van der Waals surface area contributed by atoms with E-state index >= 15 is 0 Å². The molecule has 0 aliphatic heterocycles. The third-order valence-corrected chi connectivity index (χ3v) is 5.61. The van der Waals surface area contributed by atoms with Crippen LogP contribution in [0.3, 0.4) is 0 Å². The van der Waals surface area contributed by atoms with Crippen LogP contribution in [-0.2, 0) is 0 Å². The number of halogens is 1. The van der Waals surface area contributed by atoms with E-state index in [2.05, 4.69) is 69.3 Å². The van der Waals surface area contributed by atoms with E-state index in [0.717, 1.165) is 24.4 Å². The first-order valence-electron chi connectivity index (χ1n) is 11.4. The molecule has 0 spiro atoms. The fourth-order valence-electron chi connectivity index (χ4n) is 3.90. The molecule has 0 saturated heterocycles. The van der Waals surface area contributed by atoms with Crippen molar-refractivity contribution in [1.29, 1.82) is 0 Å². The number of allylic oxidation sites excluding steroid dienone is 2. The maximum absolute atomic E-state index is 6.19. The second-order valence-electron chi connectivity index (χ2n) is 7.46. The lowest BCUT2D eigenvalue weighted by molar-refractivity contribution is 0.752. The van der Waals surface area contributed by atoms with E-state index in [1.807, 2.05) is 26.0 Å². The summed E-state index contributed by atoms with van der Waals surface area (Å²) in [7, 11) is 0. The number of unbranched alkanes of at least 4 members (excludes halogenated alkanes) is 1. The van der Waals surface area contributed by atoms with Gasteiger partial charge in [0.15, 0.2) is 0 Å². The molecule has 0 N–H and O–H groups in total. The van der Waals surface area contributed by atoms with Crippen LogP contribution in [0.1, 0.15) is 77.0 Å². The lowest BCUT2D eigenvalue weighted by Crippen LogP contribution is -2.14. The summed E-state index contributed by atoms with van der Waals surface area (Å²) in [4.78, 5) is 4.88. The van der Waals surface area contributed by atoms with Crippen molar-refractivity contribution < 1.29 is 0 Å². The van der Waals surface area contributed by atoms with Crippen molar-refractivity contribution in [3.8, 4) is 0 Å². The molecular formula is C28H36ClN. The van der Waals surface area contributed by atoms with Crippen LogP contribution in [0.25, 0.3) is 11.6 Å². The molecular weight excluding hydrogens is 386 g/mol. The van der Waals surface area contributed by atoms with Gasteiger partial charge in [-0.1, -0.05) is 94.3 Å². The zero-order chi connectivity index (χ0) is 21.9. The van der Waals surface area contributed by atoms with Gasteiger partial charge in [0, 0.05) is 23.2 Å². The van der Waals surface area contributed by atoms with Gasteiger partial charge in [0.25, 0.3) is 0 Å². The fraction of sp³-hybridized carbons (Fsp3) is 0.393. The molecule has 0 saturated carbocycles. The predicted molar refractivity (Wildman–Crippen MR) is 136 cm³/mol. The van der Waals surface area contributed by atoms with Gasteiger partial charge in [-0.25, -0.2) is 0 Å². The largest absolute Gasteiger partial charge is 0.293 e. The minimum atomic E-state index is 0.246. The van der Waals surface area contributed by atoms with E-state index < -0.39 is 0 Å². The molecule has 1 unspecified atom stereocenters. The number of hydrogen-bond acceptors (Lipinski definition) is 1. The highest BCUT2D eigenvalue weighted by molar-refractivity contribution is 6.30. The number of nitrogens with zero attached hydrogens (tertiary/aromatic N) is 1. The summed E-state index contributed by atoms with van der Waals surface area (Å²) < 4.78 is 0. The molecule has 0 aromatic heterocycles. The van der Waals surface area contributed by atoms with E-state index in [9.17, 15) is 0 Å². The number of hydrogen-bond donors (Lipinski definition) is 0. The number of rotatable bonds is 7. The fourth-order valence-corrected chi connectivity index (χ4v) is 4.02. The number of aliphatic imine (C=N–C) groups is 1. The third-order valence-electron chi connectivity index (χ3n) is 5.36. The molecule has 2 aromatic carbocycles. The maximum atomic E-state index is 6.19. The van der Waals surface area contributed by atoms with Crippen LogP contribution in [0, 0.1) is 5.92 Å². The minimum Gasteiger partial charge on any atom is -0.293 e. The van der Waals surface area contributed by atoms with Gasteiger partial charge >= 0.3 is 0 Å². The standard InChI is InChI=1S/C26H30ClN.C2H6/c1-4-6-10-25-23(19(3)28-18-5-2)17-14-20-9-7-8-11-24(20)26(25)21-12-15-22(27)16-13-21;1-2/h7-9,11-17,23H,4-6,10,18H2,1-3H3;1-2H3. The first-order chi connectivity index (χ1) is 14.7. The van der Waals surface area contributed by atoms with Gasteiger partial charge in [-0.2, -0.15) is 0 Å². The summed E-state index contributed by atoms with van der Waals surface area (Å²) in [6.45, 7) is 11.5. The van der Waals surface area contributed by atoms with Crippen molar-refractivity contribution in [2.75, 3.05) is 6.54 Å². The molecule has 0 radical (unpaired) electrons. The van der Waals surface area contributed by atoms with Crippen molar-refractivity contribution in [1.82, 2.24) is 0 Å². The zero-order valence-electron chi connectivity index (χ0n) is 19.2. The first-order valence-corrected chi connectivity index (χ1v) is 11.8. The molecule has 2 heteroatoms. The summed E-state index contributed by atoms with van der Waals surface area (Å²) in [5, 5.41) is 0.775. The quantitative estimate of drug-likeness (QED) is 0.395. The summed E-state index contributed by atoms with van der Waals surface area (Å²) in [6.07, 6.45) is 9.14. The summed E-state index contributed by atoms with van der Waals surface area (Å²) in [5.74, 6) is 0.246. The van der Waals surface area contributed by atoms with Crippen molar-refractivity contribution in [3.63, 3.8) is 0 Å². The Balaban J connectivity index is 0.00000155. The molecule has 1 aliphatic carbocycles. The van der Waals surface area contributed by atoms with E-state index in [1.165, 1.54) is 46.4 Å². The van der Waals surface area contributed by atoms with Gasteiger partial charge in [0.1, 0.15) is 0 Å². The Morgan fingerprint density at radius 1 is 0.967 bits per heavy atom. The predicted octanol–water partition coefficient (Wildman–Crippen LogP) is 8.87. The van der Waals surface area contributed by atoms with Gasteiger partial charge in [-0.15, -0.1) is 0 Å². The van der Waals surface area contributed by atoms with Crippen molar-refractivity contribution in [2.24, 2.45) is 10.9 Å². The van der Waals surface area contributed by atoms with E-state index in [0.29, 0.717) is 0 Å². The highest BCUT2D eigenvalue weighted by atomic mass is 35.5. The Bertz CT molecular complexity index is 887. The number of fused-ring (bicyclic) bond motifs is 1. The van der Waals surface area contributed by atoms with E-state index in [1.54, 1.807) is 0 Å². The Hall–Kier alpha value is -2.12. The Morgan fingerprint density at radius 2 is 1.67 bits per heavy atom. The van der Waals surface area contributed by atoms with Crippen LogP contribution < -0.4 is 0 Å². The van der Waals surface area contributed by atoms with Gasteiger partial charge in [-0.3, -0.25) is 4.99 Å². The van der Waals surface area contributed by atoms with Crippen LogP contribution >= 0.6 is 11.6 Å². The van der Waals surface area contributed by atoms with Gasteiger partial charge in [0.05, 0.1) is 0 Å². The molecule has 1 aliphatic rings. The average Bonchev–Trinajstić information content (AvgIpc) is 2.95. The monoisotopic (exact) mass is 421 g/mol. The Morgan fingerprint density at radius 3 is 2.33 bits per heavy atom. The smallest absolute Gasteiger partial charge is 0.0406 e. The van der Waals surface area contributed by atoms with Crippen LogP contribution in [0.5, 0.6) is 0 Å². The Labute approximate surface area is 188 Å². The minimum absolute atomic E-state index is 0.246. The van der Waals surface area contributed by atoms with Gasteiger partial charge < -0.3 is 0 Å². The van der Waals surface area contributed by atoms with Crippen molar-refractivity contribution in [3.05, 3.63) is 81.9 Å². The zero-order valence-corrected chi connectivity index (χ0v) is 20.0. The van der Waals surface area contributed by atoms with Crippen LogP contribution in [0.2, 0.25) is 5.02 Å². The van der Waals surface area contributed by atoms with Crippen LogP contribution in [-0.4, -0.2) is 12.3 Å². The molecule has 160 valence electrons.